The van der Waals surface area contributed by atoms with E-state index in [1.165, 1.54) is 23.2 Å². The van der Waals surface area contributed by atoms with Crippen molar-refractivity contribution in [1.82, 2.24) is 9.88 Å². The van der Waals surface area contributed by atoms with E-state index in [0.717, 1.165) is 0 Å². The fourth-order valence-electron chi connectivity index (χ4n) is 4.23. The van der Waals surface area contributed by atoms with E-state index in [0.29, 0.717) is 35.1 Å². The summed E-state index contributed by atoms with van der Waals surface area (Å²) in [5.41, 5.74) is 7.77. The van der Waals surface area contributed by atoms with Gasteiger partial charge in [-0.3, -0.25) is 14.6 Å². The first-order valence-electron chi connectivity index (χ1n) is 10.1. The number of benzene rings is 2. The van der Waals surface area contributed by atoms with Crippen LogP contribution in [0, 0.1) is 12.7 Å². The summed E-state index contributed by atoms with van der Waals surface area (Å²) in [5.74, 6) is -1.71. The number of aromatic nitrogens is 1. The minimum Gasteiger partial charge on any atom is -0.507 e. The number of hydrogen-bond donors (Lipinski definition) is 2. The molecule has 0 fully saturated rings. The van der Waals surface area contributed by atoms with Gasteiger partial charge in [0.05, 0.1) is 11.6 Å². The monoisotopic (exact) mass is 453 g/mol. The van der Waals surface area contributed by atoms with Gasteiger partial charge in [-0.2, -0.15) is 0 Å². The van der Waals surface area contributed by atoms with E-state index < -0.39 is 23.7 Å². The maximum Gasteiger partial charge on any atom is 0.267 e. The Kier molecular flexibility index (Phi) is 5.84. The number of primary amides is 1. The van der Waals surface area contributed by atoms with Crippen LogP contribution in [0.3, 0.4) is 0 Å². The molecular formula is C24H21ClFN3O3. The topological polar surface area (TPSA) is 96.5 Å². The Hall–Kier alpha value is -3.45. The molecule has 0 saturated heterocycles. The Morgan fingerprint density at radius 2 is 2.06 bits per heavy atom. The highest BCUT2D eigenvalue weighted by molar-refractivity contribution is 6.30. The van der Waals surface area contributed by atoms with Gasteiger partial charge in [-0.25, -0.2) is 4.39 Å². The van der Waals surface area contributed by atoms with E-state index in [2.05, 4.69) is 4.98 Å². The second kappa shape index (κ2) is 8.59. The summed E-state index contributed by atoms with van der Waals surface area (Å²) in [6.07, 6.45) is 2.35. The molecule has 2 aromatic carbocycles. The Balaban J connectivity index is 1.83. The van der Waals surface area contributed by atoms with Gasteiger partial charge in [-0.05, 0) is 60.7 Å². The van der Waals surface area contributed by atoms with Gasteiger partial charge in [0.2, 0.25) is 0 Å². The summed E-state index contributed by atoms with van der Waals surface area (Å²) in [7, 11) is 0. The zero-order valence-corrected chi connectivity index (χ0v) is 18.1. The Morgan fingerprint density at radius 3 is 2.81 bits per heavy atom. The van der Waals surface area contributed by atoms with Crippen LogP contribution in [0.15, 0.2) is 48.7 Å². The number of phenolic OH excluding ortho intramolecular Hbond substituents is 1. The van der Waals surface area contributed by atoms with Crippen molar-refractivity contribution in [2.75, 3.05) is 0 Å². The summed E-state index contributed by atoms with van der Waals surface area (Å²) in [6, 6.07) is 10.6. The summed E-state index contributed by atoms with van der Waals surface area (Å²) < 4.78 is 14.5. The van der Waals surface area contributed by atoms with Crippen molar-refractivity contribution < 1.29 is 19.1 Å². The number of rotatable bonds is 5. The van der Waals surface area contributed by atoms with Crippen LogP contribution in [0.2, 0.25) is 5.02 Å². The second-order valence-electron chi connectivity index (χ2n) is 7.79. The van der Waals surface area contributed by atoms with E-state index in [4.69, 9.17) is 17.3 Å². The molecule has 0 spiro atoms. The number of para-hydroxylation sites is 1. The van der Waals surface area contributed by atoms with Gasteiger partial charge < -0.3 is 15.7 Å². The number of aryl methyl sites for hydroxylation is 1. The highest BCUT2D eigenvalue weighted by Crippen LogP contribution is 2.41. The molecule has 0 saturated carbocycles. The number of nitrogens with zero attached hydrogens (tertiary/aromatic N) is 2. The SMILES string of the molecule is Cc1cccc(C(=O)N(Cc2cccnc2C(N)=O)[C@H]2CCc3c(F)cc(Cl)cc32)c1O. The third-order valence-electron chi connectivity index (χ3n) is 5.79. The van der Waals surface area contributed by atoms with Crippen LogP contribution in [0.1, 0.15) is 55.6 Å². The van der Waals surface area contributed by atoms with Crippen LogP contribution in [0.25, 0.3) is 0 Å². The molecule has 0 unspecified atom stereocenters. The molecule has 0 bridgehead atoms. The second-order valence-corrected chi connectivity index (χ2v) is 8.23. The van der Waals surface area contributed by atoms with E-state index in [1.807, 2.05) is 0 Å². The third-order valence-corrected chi connectivity index (χ3v) is 6.01. The molecule has 1 aliphatic carbocycles. The largest absolute Gasteiger partial charge is 0.507 e. The molecule has 4 rings (SSSR count). The van der Waals surface area contributed by atoms with Crippen molar-refractivity contribution in [2.24, 2.45) is 5.73 Å². The van der Waals surface area contributed by atoms with Crippen molar-refractivity contribution in [3.63, 3.8) is 0 Å². The molecule has 32 heavy (non-hydrogen) atoms. The Bertz CT molecular complexity index is 1230. The number of fused-ring (bicyclic) bond motifs is 1. The number of carbonyl (C=O) groups excluding carboxylic acids is 2. The van der Waals surface area contributed by atoms with Gasteiger partial charge in [0, 0.05) is 23.3 Å². The molecule has 2 amide bonds. The van der Waals surface area contributed by atoms with E-state index in [-0.39, 0.29) is 28.6 Å². The minimum absolute atomic E-state index is 0.00341. The summed E-state index contributed by atoms with van der Waals surface area (Å²) >= 11 is 6.11. The predicted molar refractivity (Wildman–Crippen MR) is 118 cm³/mol. The van der Waals surface area contributed by atoms with E-state index >= 15 is 0 Å². The molecule has 1 heterocycles. The van der Waals surface area contributed by atoms with Crippen molar-refractivity contribution in [3.05, 3.63) is 93.0 Å². The van der Waals surface area contributed by atoms with Crippen LogP contribution in [-0.2, 0) is 13.0 Å². The van der Waals surface area contributed by atoms with Crippen molar-refractivity contribution in [3.8, 4) is 5.75 Å². The lowest BCUT2D eigenvalue weighted by atomic mass is 10.0. The predicted octanol–water partition coefficient (Wildman–Crippen LogP) is 4.32. The quantitative estimate of drug-likeness (QED) is 0.601. The standard InChI is InChI=1S/C24H21ClFN3O3/c1-13-4-2-6-17(22(13)30)24(32)29(12-14-5-3-9-28-21(14)23(27)31)20-8-7-16-18(20)10-15(25)11-19(16)26/h2-6,9-11,20,30H,7-8,12H2,1H3,(H2,27,31)/t20-/m0/s1. The average molecular weight is 454 g/mol. The van der Waals surface area contributed by atoms with Gasteiger partial charge in [-0.1, -0.05) is 29.8 Å². The van der Waals surface area contributed by atoms with E-state index in [9.17, 15) is 19.1 Å². The summed E-state index contributed by atoms with van der Waals surface area (Å²) in [6.45, 7) is 1.69. The van der Waals surface area contributed by atoms with Crippen LogP contribution >= 0.6 is 11.6 Å². The number of hydrogen-bond acceptors (Lipinski definition) is 4. The number of aromatic hydroxyl groups is 1. The van der Waals surface area contributed by atoms with Gasteiger partial charge in [-0.15, -0.1) is 0 Å². The first-order chi connectivity index (χ1) is 15.3. The van der Waals surface area contributed by atoms with Crippen LogP contribution in [-0.4, -0.2) is 26.8 Å². The molecule has 1 atom stereocenters. The van der Waals surface area contributed by atoms with E-state index in [1.54, 1.807) is 37.3 Å². The molecule has 1 aliphatic rings. The highest BCUT2D eigenvalue weighted by Gasteiger charge is 2.35. The maximum absolute atomic E-state index is 14.5. The van der Waals surface area contributed by atoms with Crippen LogP contribution in [0.5, 0.6) is 5.75 Å². The zero-order valence-electron chi connectivity index (χ0n) is 17.3. The fraction of sp³-hybridized carbons (Fsp3) is 0.208. The lowest BCUT2D eigenvalue weighted by Crippen LogP contribution is -2.34. The number of nitrogens with two attached hydrogens (primary N) is 1. The van der Waals surface area contributed by atoms with Crippen LogP contribution < -0.4 is 5.73 Å². The highest BCUT2D eigenvalue weighted by atomic mass is 35.5. The first kappa shape index (κ1) is 21.8. The molecular weight excluding hydrogens is 433 g/mol. The lowest BCUT2D eigenvalue weighted by Gasteiger charge is -2.31. The zero-order chi connectivity index (χ0) is 23.0. The number of amides is 2. The molecule has 0 aliphatic heterocycles. The molecule has 6 nitrogen and oxygen atoms in total. The van der Waals surface area contributed by atoms with Gasteiger partial charge >= 0.3 is 0 Å². The molecule has 0 radical (unpaired) electrons. The van der Waals surface area contributed by atoms with Crippen LogP contribution in [0.4, 0.5) is 4.39 Å². The maximum atomic E-state index is 14.5. The molecule has 8 heteroatoms. The lowest BCUT2D eigenvalue weighted by molar-refractivity contribution is 0.0652. The van der Waals surface area contributed by atoms with Gasteiger partial charge in [0.25, 0.3) is 11.8 Å². The summed E-state index contributed by atoms with van der Waals surface area (Å²) in [4.78, 5) is 31.1. The molecule has 3 N–H and O–H groups in total. The molecule has 1 aromatic heterocycles. The normalized spacial score (nSPS) is 14.8. The van der Waals surface area contributed by atoms with Crippen molar-refractivity contribution in [1.29, 1.82) is 0 Å². The molecule has 164 valence electrons. The number of pyridine rings is 1. The summed E-state index contributed by atoms with van der Waals surface area (Å²) in [5, 5.41) is 10.8. The van der Waals surface area contributed by atoms with Crippen molar-refractivity contribution in [2.45, 2.75) is 32.4 Å². The molecule has 3 aromatic rings. The Labute approximate surface area is 189 Å². The number of halogens is 2. The van der Waals surface area contributed by atoms with Gasteiger partial charge in [0.15, 0.2) is 0 Å². The Morgan fingerprint density at radius 1 is 1.28 bits per heavy atom. The minimum atomic E-state index is -0.715. The van der Waals surface area contributed by atoms with Gasteiger partial charge in [0.1, 0.15) is 17.3 Å². The number of phenols is 1. The third kappa shape index (κ3) is 3.91. The number of carbonyl (C=O) groups is 2. The smallest absolute Gasteiger partial charge is 0.267 e. The first-order valence-corrected chi connectivity index (χ1v) is 10.5. The fourth-order valence-corrected chi connectivity index (χ4v) is 4.44. The van der Waals surface area contributed by atoms with Crippen molar-refractivity contribution >= 4 is 23.4 Å². The average Bonchev–Trinajstić information content (AvgIpc) is 3.17.